The van der Waals surface area contributed by atoms with Gasteiger partial charge in [0.2, 0.25) is 0 Å². The maximum absolute atomic E-state index is 12.5. The number of aryl methyl sites for hydroxylation is 1. The van der Waals surface area contributed by atoms with Crippen LogP contribution in [0.2, 0.25) is 0 Å². The molecule has 0 spiro atoms. The number of likely N-dealkylation sites (tertiary alicyclic amines) is 1. The second kappa shape index (κ2) is 8.91. The molecule has 7 nitrogen and oxygen atoms in total. The number of nitrogens with zero attached hydrogens (tertiary/aromatic N) is 4. The van der Waals surface area contributed by atoms with Gasteiger partial charge in [-0.15, -0.1) is 5.10 Å². The maximum atomic E-state index is 12.5. The smallest absolute Gasteiger partial charge is 0.256 e. The van der Waals surface area contributed by atoms with E-state index in [0.717, 1.165) is 38.2 Å². The summed E-state index contributed by atoms with van der Waals surface area (Å²) in [7, 11) is 1.75. The van der Waals surface area contributed by atoms with Crippen LogP contribution in [0.3, 0.4) is 0 Å². The van der Waals surface area contributed by atoms with Crippen molar-refractivity contribution in [3.63, 3.8) is 0 Å². The van der Waals surface area contributed by atoms with Crippen molar-refractivity contribution in [1.82, 2.24) is 19.9 Å². The van der Waals surface area contributed by atoms with E-state index in [1.54, 1.807) is 18.1 Å². The number of amides is 1. The lowest BCUT2D eigenvalue weighted by atomic mass is 10.1. The summed E-state index contributed by atoms with van der Waals surface area (Å²) in [5.74, 6) is 0.318. The Kier molecular flexibility index (Phi) is 6.35. The van der Waals surface area contributed by atoms with Crippen LogP contribution in [0.25, 0.3) is 0 Å². The standard InChI is InChI=1S/C19H27N5O2/c1-3-9-24-20-12-18(22-24)21-19(25)16-7-4-6-15(11-16)13-23-10-5-8-17(23)14-26-2/h4,6-7,11-12,17H,3,5,8-10,13-14H2,1-2H3,(H,21,22,25)/t17-/m1/s1. The first kappa shape index (κ1) is 18.5. The van der Waals surface area contributed by atoms with Gasteiger partial charge >= 0.3 is 0 Å². The molecular formula is C19H27N5O2. The number of carbonyl (C=O) groups is 1. The zero-order chi connectivity index (χ0) is 18.4. The Labute approximate surface area is 154 Å². The van der Waals surface area contributed by atoms with Crippen LogP contribution in [0.1, 0.15) is 42.1 Å². The molecule has 3 rings (SSSR count). The number of methoxy groups -OCH3 is 1. The number of nitrogens with one attached hydrogen (secondary N) is 1. The minimum Gasteiger partial charge on any atom is -0.383 e. The van der Waals surface area contributed by atoms with Gasteiger partial charge in [-0.05, 0) is 43.5 Å². The molecule has 0 unspecified atom stereocenters. The summed E-state index contributed by atoms with van der Waals surface area (Å²) in [6.45, 7) is 5.47. The Morgan fingerprint density at radius 2 is 2.31 bits per heavy atom. The molecule has 1 aromatic carbocycles. The fourth-order valence-electron chi connectivity index (χ4n) is 3.38. The number of ether oxygens (including phenoxy) is 1. The summed E-state index contributed by atoms with van der Waals surface area (Å²) in [4.78, 5) is 16.5. The molecule has 0 radical (unpaired) electrons. The molecule has 1 aliphatic rings. The highest BCUT2D eigenvalue weighted by Gasteiger charge is 2.24. The van der Waals surface area contributed by atoms with Crippen LogP contribution in [-0.2, 0) is 17.8 Å². The van der Waals surface area contributed by atoms with Crippen LogP contribution in [-0.4, -0.2) is 52.1 Å². The van der Waals surface area contributed by atoms with E-state index < -0.39 is 0 Å². The van der Waals surface area contributed by atoms with Crippen LogP contribution in [0.4, 0.5) is 5.82 Å². The molecule has 1 aliphatic heterocycles. The fraction of sp³-hybridized carbons (Fsp3) is 0.526. The Bertz CT molecular complexity index is 730. The topological polar surface area (TPSA) is 72.3 Å². The number of rotatable bonds is 8. The van der Waals surface area contributed by atoms with Gasteiger partial charge < -0.3 is 10.1 Å². The second-order valence-electron chi connectivity index (χ2n) is 6.70. The van der Waals surface area contributed by atoms with Gasteiger partial charge in [-0.3, -0.25) is 9.69 Å². The molecule has 1 aromatic heterocycles. The molecule has 1 atom stereocenters. The van der Waals surface area contributed by atoms with Gasteiger partial charge in [-0.1, -0.05) is 19.1 Å². The summed E-state index contributed by atoms with van der Waals surface area (Å²) in [5.41, 5.74) is 1.77. The van der Waals surface area contributed by atoms with Gasteiger partial charge in [0.15, 0.2) is 5.82 Å². The van der Waals surface area contributed by atoms with Crippen molar-refractivity contribution in [1.29, 1.82) is 0 Å². The van der Waals surface area contributed by atoms with Gasteiger partial charge in [-0.25, -0.2) is 0 Å². The molecule has 1 fully saturated rings. The predicted octanol–water partition coefficient (Wildman–Crippen LogP) is 2.55. The monoisotopic (exact) mass is 357 g/mol. The van der Waals surface area contributed by atoms with Crippen LogP contribution in [0.5, 0.6) is 0 Å². The quantitative estimate of drug-likeness (QED) is 0.786. The third kappa shape index (κ3) is 4.68. The lowest BCUT2D eigenvalue weighted by Gasteiger charge is -2.24. The number of carbonyl (C=O) groups excluding carboxylic acids is 1. The molecule has 1 N–H and O–H groups in total. The average molecular weight is 357 g/mol. The predicted molar refractivity (Wildman–Crippen MR) is 100 cm³/mol. The highest BCUT2D eigenvalue weighted by molar-refractivity contribution is 6.03. The van der Waals surface area contributed by atoms with Gasteiger partial charge in [0.05, 0.1) is 19.3 Å². The van der Waals surface area contributed by atoms with Crippen molar-refractivity contribution < 1.29 is 9.53 Å². The summed E-state index contributed by atoms with van der Waals surface area (Å²) >= 11 is 0. The number of anilines is 1. The number of benzene rings is 1. The molecule has 0 saturated carbocycles. The Morgan fingerprint density at radius 1 is 1.42 bits per heavy atom. The summed E-state index contributed by atoms with van der Waals surface area (Å²) in [6.07, 6.45) is 4.89. The van der Waals surface area contributed by atoms with Crippen molar-refractivity contribution in [3.05, 3.63) is 41.6 Å². The second-order valence-corrected chi connectivity index (χ2v) is 6.70. The third-order valence-electron chi connectivity index (χ3n) is 4.63. The maximum Gasteiger partial charge on any atom is 0.256 e. The molecule has 0 aliphatic carbocycles. The molecule has 7 heteroatoms. The molecule has 140 valence electrons. The van der Waals surface area contributed by atoms with Crippen LogP contribution < -0.4 is 5.32 Å². The molecule has 26 heavy (non-hydrogen) atoms. The van der Waals surface area contributed by atoms with E-state index in [1.807, 2.05) is 18.2 Å². The van der Waals surface area contributed by atoms with Gasteiger partial charge in [0.1, 0.15) is 0 Å². The molecule has 2 heterocycles. The number of hydrogen-bond donors (Lipinski definition) is 1. The van der Waals surface area contributed by atoms with E-state index in [2.05, 4.69) is 33.4 Å². The highest BCUT2D eigenvalue weighted by atomic mass is 16.5. The van der Waals surface area contributed by atoms with Crippen molar-refractivity contribution in [2.24, 2.45) is 0 Å². The first-order chi connectivity index (χ1) is 12.7. The van der Waals surface area contributed by atoms with Crippen molar-refractivity contribution in [2.75, 3.05) is 25.6 Å². The first-order valence-corrected chi connectivity index (χ1v) is 9.23. The minimum absolute atomic E-state index is 0.162. The molecule has 1 amide bonds. The van der Waals surface area contributed by atoms with E-state index in [-0.39, 0.29) is 5.91 Å². The lowest BCUT2D eigenvalue weighted by molar-refractivity contribution is 0.102. The van der Waals surface area contributed by atoms with Crippen molar-refractivity contribution >= 4 is 11.7 Å². The fourth-order valence-corrected chi connectivity index (χ4v) is 3.38. The van der Waals surface area contributed by atoms with Crippen LogP contribution >= 0.6 is 0 Å². The first-order valence-electron chi connectivity index (χ1n) is 9.23. The summed E-state index contributed by atoms with van der Waals surface area (Å²) in [6, 6.07) is 8.24. The number of aromatic nitrogens is 3. The van der Waals surface area contributed by atoms with Crippen LogP contribution in [0.15, 0.2) is 30.5 Å². The summed E-state index contributed by atoms with van der Waals surface area (Å²) < 4.78 is 5.32. The Morgan fingerprint density at radius 3 is 3.12 bits per heavy atom. The summed E-state index contributed by atoms with van der Waals surface area (Å²) in [5, 5.41) is 11.2. The van der Waals surface area contributed by atoms with Crippen molar-refractivity contribution in [3.8, 4) is 0 Å². The van der Waals surface area contributed by atoms with E-state index in [1.165, 1.54) is 12.8 Å². The van der Waals surface area contributed by atoms with E-state index in [4.69, 9.17) is 4.74 Å². The van der Waals surface area contributed by atoms with Crippen molar-refractivity contribution in [2.45, 2.75) is 45.3 Å². The molecule has 0 bridgehead atoms. The average Bonchev–Trinajstić information content (AvgIpc) is 3.26. The normalized spacial score (nSPS) is 17.5. The zero-order valence-electron chi connectivity index (χ0n) is 15.5. The zero-order valence-corrected chi connectivity index (χ0v) is 15.5. The number of hydrogen-bond acceptors (Lipinski definition) is 5. The highest BCUT2D eigenvalue weighted by Crippen LogP contribution is 2.21. The van der Waals surface area contributed by atoms with Gasteiger partial charge in [0.25, 0.3) is 5.91 Å². The van der Waals surface area contributed by atoms with Crippen LogP contribution in [0, 0.1) is 0 Å². The Hall–Kier alpha value is -2.25. The minimum atomic E-state index is -0.162. The van der Waals surface area contributed by atoms with E-state index >= 15 is 0 Å². The largest absolute Gasteiger partial charge is 0.383 e. The van der Waals surface area contributed by atoms with E-state index in [0.29, 0.717) is 17.4 Å². The molecule has 2 aromatic rings. The lowest BCUT2D eigenvalue weighted by Crippen LogP contribution is -2.32. The third-order valence-corrected chi connectivity index (χ3v) is 4.63. The Balaban J connectivity index is 1.63. The van der Waals surface area contributed by atoms with Gasteiger partial charge in [0, 0.05) is 25.3 Å². The SMILES string of the molecule is CCCn1ncc(NC(=O)c2cccc(CN3CCC[C@@H]3COC)c2)n1. The van der Waals surface area contributed by atoms with Gasteiger partial charge in [-0.2, -0.15) is 9.90 Å². The molecular weight excluding hydrogens is 330 g/mol. The van der Waals surface area contributed by atoms with E-state index in [9.17, 15) is 4.79 Å². The molecule has 1 saturated heterocycles.